The number of aliphatic hydroxyl groups is 2. The summed E-state index contributed by atoms with van der Waals surface area (Å²) in [6, 6.07) is 0. The molecule has 0 saturated carbocycles. The summed E-state index contributed by atoms with van der Waals surface area (Å²) in [5.74, 6) is -0.378. The molecule has 0 radical (unpaired) electrons. The van der Waals surface area contributed by atoms with Crippen molar-refractivity contribution in [2.24, 2.45) is 0 Å². The van der Waals surface area contributed by atoms with Gasteiger partial charge in [-0.2, -0.15) is 0 Å². The Morgan fingerprint density at radius 1 is 1.46 bits per heavy atom. The largest absolute Gasteiger partial charge is 0.463 e. The molecule has 130 valence electrons. The molecule has 24 heavy (non-hydrogen) atoms. The van der Waals surface area contributed by atoms with Gasteiger partial charge in [0.15, 0.2) is 17.7 Å². The second kappa shape index (κ2) is 6.67. The predicted octanol–water partition coefficient (Wildman–Crippen LogP) is -0.629. The van der Waals surface area contributed by atoms with Crippen molar-refractivity contribution in [3.63, 3.8) is 0 Å². The molecule has 0 bridgehead atoms. The Bertz CT molecular complexity index is 769. The monoisotopic (exact) mass is 338 g/mol. The Hall–Kier alpha value is -2.30. The normalized spacial score (nSPS) is 28.7. The fourth-order valence-electron chi connectivity index (χ4n) is 2.55. The van der Waals surface area contributed by atoms with Crippen molar-refractivity contribution in [3.05, 3.63) is 12.7 Å². The lowest BCUT2D eigenvalue weighted by atomic mass is 10.1. The zero-order valence-corrected chi connectivity index (χ0v) is 12.9. The molecule has 2 aromatic rings. The number of fused-ring (bicyclic) bond motifs is 1. The highest BCUT2D eigenvalue weighted by molar-refractivity contribution is 5.81. The zero-order valence-electron chi connectivity index (χ0n) is 13.9. The molecule has 0 aromatic carbocycles. The number of hydrogen-bond donors (Lipinski definition) is 3. The Balaban J connectivity index is 1.73. The standard InChI is InChI=1S/C14H19N5O5/c1-2-3-8(20)23-4-7-10(21)11(22)14(24-7)19-6-18-9-12(15)16-5-17-13(9)19/h5-7,10-11,14,21-22H,2-4H2,1H3,(H2,15,16,17)/t7-,10-,11+,14?/m1/s1/i2D/t2?,7-,10-,11+,14?. The Kier molecular flexibility index (Phi) is 4.24. The first-order chi connectivity index (χ1) is 11.9. The molecule has 1 aliphatic heterocycles. The first-order valence-corrected chi connectivity index (χ1v) is 7.41. The van der Waals surface area contributed by atoms with Crippen molar-refractivity contribution in [2.75, 3.05) is 12.3 Å². The van der Waals surface area contributed by atoms with Gasteiger partial charge in [0.25, 0.3) is 0 Å². The summed E-state index contributed by atoms with van der Waals surface area (Å²) in [4.78, 5) is 23.5. The van der Waals surface area contributed by atoms with Crippen molar-refractivity contribution in [1.29, 1.82) is 0 Å². The van der Waals surface area contributed by atoms with Gasteiger partial charge in [-0.3, -0.25) is 9.36 Å². The van der Waals surface area contributed by atoms with Gasteiger partial charge in [-0.05, 0) is 6.40 Å². The maximum atomic E-state index is 11.5. The molecule has 0 aliphatic carbocycles. The van der Waals surface area contributed by atoms with Gasteiger partial charge in [-0.15, -0.1) is 0 Å². The molecular formula is C14H19N5O5. The number of anilines is 1. The first-order valence-electron chi connectivity index (χ1n) is 7.98. The van der Waals surface area contributed by atoms with E-state index in [1.807, 2.05) is 0 Å². The van der Waals surface area contributed by atoms with Crippen LogP contribution in [0.4, 0.5) is 5.82 Å². The third kappa shape index (κ3) is 2.90. The first kappa shape index (κ1) is 15.2. The van der Waals surface area contributed by atoms with Gasteiger partial charge in [0.2, 0.25) is 0 Å². The van der Waals surface area contributed by atoms with E-state index in [9.17, 15) is 15.0 Å². The van der Waals surface area contributed by atoms with Crippen LogP contribution in [0.1, 0.15) is 27.3 Å². The molecule has 10 heteroatoms. The second-order valence-corrected chi connectivity index (χ2v) is 5.42. The summed E-state index contributed by atoms with van der Waals surface area (Å²) in [6.45, 7) is 1.34. The number of carbonyl (C=O) groups is 1. The number of ether oxygens (including phenoxy) is 2. The molecule has 0 spiro atoms. The van der Waals surface area contributed by atoms with Gasteiger partial charge < -0.3 is 25.4 Å². The van der Waals surface area contributed by atoms with Crippen LogP contribution in [0.3, 0.4) is 0 Å². The van der Waals surface area contributed by atoms with E-state index in [0.717, 1.165) is 0 Å². The molecule has 1 saturated heterocycles. The summed E-state index contributed by atoms with van der Waals surface area (Å²) in [5, 5.41) is 20.4. The summed E-state index contributed by atoms with van der Waals surface area (Å²) in [7, 11) is 0. The highest BCUT2D eigenvalue weighted by Gasteiger charge is 2.44. The minimum Gasteiger partial charge on any atom is -0.463 e. The molecule has 3 rings (SSSR count). The SMILES string of the molecule is [2H]C(C)CC(=O)OC[C@H]1OC(n2cnc3c(N)ncnc32)[C@@H](O)[C@@H]1O. The predicted molar refractivity (Wildman–Crippen MR) is 81.5 cm³/mol. The van der Waals surface area contributed by atoms with Crippen molar-refractivity contribution in [2.45, 2.75) is 44.3 Å². The van der Waals surface area contributed by atoms with E-state index in [2.05, 4.69) is 15.0 Å². The Labute approximate surface area is 138 Å². The van der Waals surface area contributed by atoms with Crippen LogP contribution in [0.5, 0.6) is 0 Å². The van der Waals surface area contributed by atoms with E-state index in [0.29, 0.717) is 11.2 Å². The molecule has 1 fully saturated rings. The fourth-order valence-corrected chi connectivity index (χ4v) is 2.55. The second-order valence-electron chi connectivity index (χ2n) is 5.42. The number of hydrogen-bond acceptors (Lipinski definition) is 9. The number of esters is 1. The smallest absolute Gasteiger partial charge is 0.305 e. The Morgan fingerprint density at radius 3 is 3.00 bits per heavy atom. The van der Waals surface area contributed by atoms with E-state index in [1.165, 1.54) is 17.2 Å². The maximum absolute atomic E-state index is 11.5. The molecule has 3 heterocycles. The topological polar surface area (TPSA) is 146 Å². The van der Waals surface area contributed by atoms with Crippen LogP contribution in [0.2, 0.25) is 0 Å². The lowest BCUT2D eigenvalue weighted by Crippen LogP contribution is -2.34. The van der Waals surface area contributed by atoms with Crippen LogP contribution in [-0.4, -0.2) is 60.6 Å². The van der Waals surface area contributed by atoms with Gasteiger partial charge in [0.05, 0.1) is 6.33 Å². The number of rotatable bonds is 5. The Morgan fingerprint density at radius 2 is 2.25 bits per heavy atom. The van der Waals surface area contributed by atoms with Crippen molar-refractivity contribution < 1.29 is 25.9 Å². The lowest BCUT2D eigenvalue weighted by molar-refractivity contribution is -0.150. The summed E-state index contributed by atoms with van der Waals surface area (Å²) >= 11 is 0. The summed E-state index contributed by atoms with van der Waals surface area (Å²) < 4.78 is 19.4. The number of aromatic nitrogens is 4. The average Bonchev–Trinajstić information content (AvgIpc) is 3.09. The van der Waals surface area contributed by atoms with Crippen LogP contribution in [0.25, 0.3) is 11.2 Å². The number of nitrogens with two attached hydrogens (primary N) is 1. The number of carbonyl (C=O) groups excluding carboxylic acids is 1. The average molecular weight is 338 g/mol. The molecule has 2 aromatic heterocycles. The summed E-state index contributed by atoms with van der Waals surface area (Å²) in [5.41, 5.74) is 6.43. The van der Waals surface area contributed by atoms with Crippen molar-refractivity contribution >= 4 is 23.0 Å². The molecule has 1 aliphatic rings. The zero-order chi connectivity index (χ0) is 18.1. The highest BCUT2D eigenvalue weighted by atomic mass is 16.6. The molecule has 2 unspecified atom stereocenters. The number of aliphatic hydroxyl groups excluding tert-OH is 2. The van der Waals surface area contributed by atoms with E-state index in [-0.39, 0.29) is 18.8 Å². The van der Waals surface area contributed by atoms with E-state index < -0.39 is 36.9 Å². The van der Waals surface area contributed by atoms with Crippen LogP contribution < -0.4 is 5.73 Å². The van der Waals surface area contributed by atoms with Gasteiger partial charge in [-0.25, -0.2) is 15.0 Å². The third-order valence-electron chi connectivity index (χ3n) is 3.78. The van der Waals surface area contributed by atoms with Gasteiger partial charge in [0, 0.05) is 7.79 Å². The third-order valence-corrected chi connectivity index (χ3v) is 3.78. The number of nitrogens with zero attached hydrogens (tertiary/aromatic N) is 4. The lowest BCUT2D eigenvalue weighted by Gasteiger charge is -2.16. The van der Waals surface area contributed by atoms with Crippen LogP contribution in [-0.2, 0) is 14.3 Å². The highest BCUT2D eigenvalue weighted by Crippen LogP contribution is 2.32. The molecule has 4 N–H and O–H groups in total. The van der Waals surface area contributed by atoms with Gasteiger partial charge in [0.1, 0.15) is 36.8 Å². The molecule has 10 nitrogen and oxygen atoms in total. The maximum Gasteiger partial charge on any atom is 0.305 e. The molecule has 5 atom stereocenters. The quantitative estimate of drug-likeness (QED) is 0.606. The van der Waals surface area contributed by atoms with Gasteiger partial charge >= 0.3 is 5.97 Å². The minimum atomic E-state index is -1.27. The fraction of sp³-hybridized carbons (Fsp3) is 0.571. The minimum absolute atomic E-state index is 0.0584. The van der Waals surface area contributed by atoms with Gasteiger partial charge in [-0.1, -0.05) is 6.92 Å². The summed E-state index contributed by atoms with van der Waals surface area (Å²) in [6.07, 6.45) is -2.41. The number of nitrogen functional groups attached to an aromatic ring is 1. The van der Waals surface area contributed by atoms with Crippen LogP contribution >= 0.6 is 0 Å². The molecule has 0 amide bonds. The van der Waals surface area contributed by atoms with Crippen LogP contribution in [0, 0.1) is 0 Å². The van der Waals surface area contributed by atoms with E-state index >= 15 is 0 Å². The van der Waals surface area contributed by atoms with Crippen LogP contribution in [0.15, 0.2) is 12.7 Å². The molecular weight excluding hydrogens is 318 g/mol. The van der Waals surface area contributed by atoms with Crippen molar-refractivity contribution in [3.8, 4) is 0 Å². The van der Waals surface area contributed by atoms with E-state index in [1.54, 1.807) is 6.92 Å². The van der Waals surface area contributed by atoms with E-state index in [4.69, 9.17) is 16.6 Å². The number of imidazole rings is 1. The van der Waals surface area contributed by atoms with Crippen molar-refractivity contribution in [1.82, 2.24) is 19.5 Å².